The van der Waals surface area contributed by atoms with E-state index in [4.69, 9.17) is 12.2 Å². The van der Waals surface area contributed by atoms with Gasteiger partial charge in [0.15, 0.2) is 0 Å². The summed E-state index contributed by atoms with van der Waals surface area (Å²) >= 11 is 0. The second-order valence-electron chi connectivity index (χ2n) is 4.01. The first kappa shape index (κ1) is 12.7. The molecule has 2 unspecified atom stereocenters. The van der Waals surface area contributed by atoms with Crippen LogP contribution >= 0.6 is 0 Å². The van der Waals surface area contributed by atoms with E-state index in [1.54, 1.807) is 0 Å². The zero-order valence-corrected chi connectivity index (χ0v) is 9.83. The van der Waals surface area contributed by atoms with Crippen molar-refractivity contribution in [3.05, 3.63) is 35.2 Å². The Kier molecular flexibility index (Phi) is 4.52. The predicted molar refractivity (Wildman–Crippen MR) is 66.2 cm³/mol. The topological polar surface area (TPSA) is 26.0 Å². The van der Waals surface area contributed by atoms with Gasteiger partial charge in [-0.25, -0.2) is 4.39 Å². The maximum absolute atomic E-state index is 12.2. The molecule has 1 nitrogen and oxygen atoms in total. The van der Waals surface area contributed by atoms with Gasteiger partial charge in [0, 0.05) is 11.5 Å². The van der Waals surface area contributed by atoms with E-state index >= 15 is 0 Å². The molecule has 0 aromatic carbocycles. The molecule has 0 fully saturated rings. The summed E-state index contributed by atoms with van der Waals surface area (Å²) in [4.78, 5) is 0. The lowest BCUT2D eigenvalue weighted by atomic mass is 9.87. The minimum absolute atomic E-state index is 0.185. The molecular weight excluding hydrogens is 201 g/mol. The SMILES string of the molecule is C#CC1=C(/C=C\F)C=C(C(CC)CN)C1C. The van der Waals surface area contributed by atoms with Crippen LogP contribution in [-0.2, 0) is 0 Å². The lowest BCUT2D eigenvalue weighted by Crippen LogP contribution is -2.18. The molecule has 0 aromatic heterocycles. The Morgan fingerprint density at radius 1 is 1.69 bits per heavy atom. The quantitative estimate of drug-likeness (QED) is 0.723. The van der Waals surface area contributed by atoms with Crippen molar-refractivity contribution in [2.45, 2.75) is 20.3 Å². The number of nitrogens with two attached hydrogens (primary N) is 1. The van der Waals surface area contributed by atoms with Crippen molar-refractivity contribution >= 4 is 0 Å². The van der Waals surface area contributed by atoms with Gasteiger partial charge in [-0.15, -0.1) is 6.42 Å². The Morgan fingerprint density at radius 2 is 2.38 bits per heavy atom. The number of allylic oxidation sites excluding steroid dienone is 4. The van der Waals surface area contributed by atoms with E-state index in [-0.39, 0.29) is 5.92 Å². The van der Waals surface area contributed by atoms with Gasteiger partial charge in [0.05, 0.1) is 6.33 Å². The van der Waals surface area contributed by atoms with Crippen LogP contribution in [0.1, 0.15) is 20.3 Å². The summed E-state index contributed by atoms with van der Waals surface area (Å²) < 4.78 is 12.2. The van der Waals surface area contributed by atoms with E-state index in [1.165, 1.54) is 11.6 Å². The Hall–Kier alpha value is -1.33. The highest BCUT2D eigenvalue weighted by Gasteiger charge is 2.26. The van der Waals surface area contributed by atoms with Gasteiger partial charge in [-0.1, -0.05) is 31.4 Å². The highest BCUT2D eigenvalue weighted by Crippen LogP contribution is 2.36. The number of halogens is 1. The highest BCUT2D eigenvalue weighted by molar-refractivity contribution is 5.54. The number of hydrogen-bond donors (Lipinski definition) is 1. The third kappa shape index (κ3) is 2.25. The lowest BCUT2D eigenvalue weighted by molar-refractivity contribution is 0.555. The summed E-state index contributed by atoms with van der Waals surface area (Å²) in [5, 5.41) is 0. The van der Waals surface area contributed by atoms with Crippen LogP contribution in [0.4, 0.5) is 4.39 Å². The van der Waals surface area contributed by atoms with E-state index < -0.39 is 0 Å². The Morgan fingerprint density at radius 3 is 2.81 bits per heavy atom. The summed E-state index contributed by atoms with van der Waals surface area (Å²) in [6, 6.07) is 0. The minimum atomic E-state index is 0.185. The molecule has 0 aliphatic heterocycles. The third-order valence-corrected chi connectivity index (χ3v) is 3.21. The molecule has 1 rings (SSSR count). The van der Waals surface area contributed by atoms with Gasteiger partial charge in [-0.05, 0) is 30.5 Å². The fourth-order valence-corrected chi connectivity index (χ4v) is 2.22. The fourth-order valence-electron chi connectivity index (χ4n) is 2.22. The van der Waals surface area contributed by atoms with Gasteiger partial charge in [0.2, 0.25) is 0 Å². The minimum Gasteiger partial charge on any atom is -0.330 e. The molecular formula is C14H18FN. The van der Waals surface area contributed by atoms with E-state index in [0.717, 1.165) is 17.6 Å². The van der Waals surface area contributed by atoms with Crippen LogP contribution in [0.5, 0.6) is 0 Å². The molecule has 0 spiro atoms. The highest BCUT2D eigenvalue weighted by atomic mass is 19.1. The Labute approximate surface area is 96.9 Å². The summed E-state index contributed by atoms with van der Waals surface area (Å²) in [5.74, 6) is 3.17. The van der Waals surface area contributed by atoms with Crippen molar-refractivity contribution < 1.29 is 4.39 Å². The molecule has 0 amide bonds. The molecule has 0 saturated carbocycles. The van der Waals surface area contributed by atoms with Crippen molar-refractivity contribution in [3.8, 4) is 12.3 Å². The molecule has 86 valence electrons. The molecule has 0 aromatic rings. The van der Waals surface area contributed by atoms with Gasteiger partial charge in [-0.2, -0.15) is 0 Å². The standard InChI is InChI=1S/C14H18FN/c1-4-11(9-16)14-8-12(6-7-15)13(5-2)10(14)3/h2,6-8,10-11H,4,9,16H2,1,3H3/b7-6-. The van der Waals surface area contributed by atoms with Crippen LogP contribution in [-0.4, -0.2) is 6.54 Å². The molecule has 1 aliphatic rings. The van der Waals surface area contributed by atoms with Crippen LogP contribution in [0, 0.1) is 24.2 Å². The van der Waals surface area contributed by atoms with E-state index in [9.17, 15) is 4.39 Å². The molecule has 2 atom stereocenters. The third-order valence-electron chi connectivity index (χ3n) is 3.21. The number of terminal acetylenes is 1. The van der Waals surface area contributed by atoms with Crippen molar-refractivity contribution in [1.29, 1.82) is 0 Å². The maximum atomic E-state index is 12.2. The maximum Gasteiger partial charge on any atom is 0.0873 e. The average Bonchev–Trinajstić information content (AvgIpc) is 2.58. The summed E-state index contributed by atoms with van der Waals surface area (Å²) in [5.41, 5.74) is 8.62. The fraction of sp³-hybridized carbons (Fsp3) is 0.429. The first-order valence-corrected chi connectivity index (χ1v) is 5.58. The van der Waals surface area contributed by atoms with Crippen molar-refractivity contribution in [3.63, 3.8) is 0 Å². The van der Waals surface area contributed by atoms with Crippen molar-refractivity contribution in [2.75, 3.05) is 6.54 Å². The molecule has 16 heavy (non-hydrogen) atoms. The predicted octanol–water partition coefficient (Wildman–Crippen LogP) is 2.96. The molecule has 0 radical (unpaired) electrons. The van der Waals surface area contributed by atoms with Crippen molar-refractivity contribution in [1.82, 2.24) is 0 Å². The lowest BCUT2D eigenvalue weighted by Gasteiger charge is -2.19. The van der Waals surface area contributed by atoms with Crippen LogP contribution in [0.2, 0.25) is 0 Å². The monoisotopic (exact) mass is 219 g/mol. The summed E-state index contributed by atoms with van der Waals surface area (Å²) in [7, 11) is 0. The largest absolute Gasteiger partial charge is 0.330 e. The Balaban J connectivity index is 3.05. The van der Waals surface area contributed by atoms with Crippen molar-refractivity contribution in [2.24, 2.45) is 17.6 Å². The normalized spacial score (nSPS) is 22.4. The van der Waals surface area contributed by atoms with Gasteiger partial charge in [-0.3, -0.25) is 0 Å². The average molecular weight is 219 g/mol. The molecule has 2 N–H and O–H groups in total. The summed E-state index contributed by atoms with van der Waals surface area (Å²) in [6.45, 7) is 4.76. The van der Waals surface area contributed by atoms with Gasteiger partial charge in [0.1, 0.15) is 0 Å². The second-order valence-corrected chi connectivity index (χ2v) is 4.01. The smallest absolute Gasteiger partial charge is 0.0873 e. The molecule has 0 saturated heterocycles. The van der Waals surface area contributed by atoms with Crippen LogP contribution < -0.4 is 5.73 Å². The number of rotatable bonds is 4. The number of hydrogen-bond acceptors (Lipinski definition) is 1. The first-order valence-electron chi connectivity index (χ1n) is 5.58. The van der Waals surface area contributed by atoms with Gasteiger partial charge >= 0.3 is 0 Å². The van der Waals surface area contributed by atoms with Crippen LogP contribution in [0.3, 0.4) is 0 Å². The molecule has 0 bridgehead atoms. The van der Waals surface area contributed by atoms with E-state index in [1.807, 2.05) is 6.08 Å². The van der Waals surface area contributed by atoms with E-state index in [2.05, 4.69) is 19.8 Å². The molecule has 2 heteroatoms. The summed E-state index contributed by atoms with van der Waals surface area (Å²) in [6.07, 6.45) is 10.4. The zero-order chi connectivity index (χ0) is 12.1. The molecule has 1 aliphatic carbocycles. The zero-order valence-electron chi connectivity index (χ0n) is 9.83. The first-order chi connectivity index (χ1) is 7.69. The van der Waals surface area contributed by atoms with Gasteiger partial charge in [0.25, 0.3) is 0 Å². The van der Waals surface area contributed by atoms with Crippen LogP contribution in [0.15, 0.2) is 35.2 Å². The van der Waals surface area contributed by atoms with Crippen LogP contribution in [0.25, 0.3) is 0 Å². The molecule has 0 heterocycles. The Bertz CT molecular complexity index is 378. The second kappa shape index (κ2) is 5.67. The van der Waals surface area contributed by atoms with Gasteiger partial charge < -0.3 is 5.73 Å². The van der Waals surface area contributed by atoms with E-state index in [0.29, 0.717) is 18.8 Å².